The molecule has 0 fully saturated rings. The normalized spacial score (nSPS) is 10.0. The largest absolute Gasteiger partial charge is 0.495 e. The van der Waals surface area contributed by atoms with Crippen molar-refractivity contribution in [1.29, 1.82) is 0 Å². The molecule has 2 aromatic carbocycles. The molecule has 0 spiro atoms. The Morgan fingerprint density at radius 3 is 2.29 bits per heavy atom. The Morgan fingerprint density at radius 2 is 1.67 bits per heavy atom. The Morgan fingerprint density at radius 1 is 1.00 bits per heavy atom. The molecule has 24 heavy (non-hydrogen) atoms. The van der Waals surface area contributed by atoms with Crippen molar-refractivity contribution in [2.75, 3.05) is 24.9 Å². The minimum atomic E-state index is -0.849. The van der Waals surface area contributed by atoms with Crippen LogP contribution in [-0.4, -0.2) is 26.0 Å². The predicted molar refractivity (Wildman–Crippen MR) is 96.0 cm³/mol. The number of anilines is 2. The number of amides is 2. The highest BCUT2D eigenvalue weighted by molar-refractivity contribution is 9.10. The van der Waals surface area contributed by atoms with E-state index in [1.807, 2.05) is 0 Å². The molecule has 0 atom stereocenters. The number of carbonyl (C=O) groups excluding carboxylic acids is 2. The third-order valence-electron chi connectivity index (χ3n) is 3.01. The van der Waals surface area contributed by atoms with Gasteiger partial charge >= 0.3 is 11.8 Å². The van der Waals surface area contributed by atoms with Gasteiger partial charge < -0.3 is 20.1 Å². The maximum Gasteiger partial charge on any atom is 0.314 e. The van der Waals surface area contributed by atoms with Gasteiger partial charge in [0.05, 0.1) is 24.9 Å². The number of hydrogen-bond acceptors (Lipinski definition) is 4. The van der Waals surface area contributed by atoms with Crippen molar-refractivity contribution < 1.29 is 19.1 Å². The summed E-state index contributed by atoms with van der Waals surface area (Å²) in [4.78, 5) is 24.1. The zero-order valence-electron chi connectivity index (χ0n) is 12.9. The van der Waals surface area contributed by atoms with E-state index in [0.29, 0.717) is 22.2 Å². The Bertz CT molecular complexity index is 783. The number of ether oxygens (including phenoxy) is 2. The summed E-state index contributed by atoms with van der Waals surface area (Å²) in [5.41, 5.74) is 0.762. The Balaban J connectivity index is 2.15. The SMILES string of the molecule is COc1cc(NC(=O)C(=O)Nc2cccc(Br)c2)c(OC)cc1Cl. The highest BCUT2D eigenvalue weighted by atomic mass is 79.9. The lowest BCUT2D eigenvalue weighted by atomic mass is 10.2. The van der Waals surface area contributed by atoms with Crippen LogP contribution in [-0.2, 0) is 9.59 Å². The third-order valence-corrected chi connectivity index (χ3v) is 3.80. The van der Waals surface area contributed by atoms with Gasteiger partial charge in [0.15, 0.2) is 0 Å². The maximum atomic E-state index is 12.1. The zero-order valence-corrected chi connectivity index (χ0v) is 15.2. The van der Waals surface area contributed by atoms with Crippen molar-refractivity contribution in [3.8, 4) is 11.5 Å². The zero-order chi connectivity index (χ0) is 17.7. The molecule has 6 nitrogen and oxygen atoms in total. The van der Waals surface area contributed by atoms with Gasteiger partial charge in [-0.3, -0.25) is 9.59 Å². The van der Waals surface area contributed by atoms with Crippen LogP contribution < -0.4 is 20.1 Å². The van der Waals surface area contributed by atoms with Gasteiger partial charge in [-0.2, -0.15) is 0 Å². The monoisotopic (exact) mass is 412 g/mol. The smallest absolute Gasteiger partial charge is 0.314 e. The average Bonchev–Trinajstić information content (AvgIpc) is 2.55. The molecule has 0 saturated carbocycles. The Labute approximate surface area is 152 Å². The fourth-order valence-electron chi connectivity index (χ4n) is 1.89. The number of halogens is 2. The van der Waals surface area contributed by atoms with Crippen molar-refractivity contribution in [3.05, 3.63) is 45.9 Å². The van der Waals surface area contributed by atoms with Gasteiger partial charge in [0, 0.05) is 22.3 Å². The van der Waals surface area contributed by atoms with E-state index < -0.39 is 11.8 Å². The second-order valence-electron chi connectivity index (χ2n) is 4.61. The molecule has 2 aromatic rings. The highest BCUT2D eigenvalue weighted by Crippen LogP contribution is 2.35. The number of rotatable bonds is 4. The fourth-order valence-corrected chi connectivity index (χ4v) is 2.52. The van der Waals surface area contributed by atoms with Gasteiger partial charge in [-0.05, 0) is 18.2 Å². The lowest BCUT2D eigenvalue weighted by molar-refractivity contribution is -0.133. The summed E-state index contributed by atoms with van der Waals surface area (Å²) in [6, 6.07) is 9.86. The first kappa shape index (κ1) is 18.1. The molecular weight excluding hydrogens is 400 g/mol. The first-order chi connectivity index (χ1) is 11.4. The standard InChI is InChI=1S/C16H14BrClN2O4/c1-23-13-8-12(14(24-2)7-11(13)18)20-16(22)15(21)19-10-5-3-4-9(17)6-10/h3-8H,1-2H3,(H,19,21)(H,20,22). The summed E-state index contributed by atoms with van der Waals surface area (Å²) < 4.78 is 11.0. The summed E-state index contributed by atoms with van der Waals surface area (Å²) in [5, 5.41) is 5.30. The quantitative estimate of drug-likeness (QED) is 0.750. The van der Waals surface area contributed by atoms with E-state index in [0.717, 1.165) is 4.47 Å². The molecule has 2 rings (SSSR count). The van der Waals surface area contributed by atoms with Crippen LogP contribution in [0.4, 0.5) is 11.4 Å². The van der Waals surface area contributed by atoms with E-state index in [2.05, 4.69) is 26.6 Å². The van der Waals surface area contributed by atoms with E-state index >= 15 is 0 Å². The molecule has 0 radical (unpaired) electrons. The van der Waals surface area contributed by atoms with E-state index in [9.17, 15) is 9.59 Å². The average molecular weight is 414 g/mol. The first-order valence-electron chi connectivity index (χ1n) is 6.74. The summed E-state index contributed by atoms with van der Waals surface area (Å²) in [6.07, 6.45) is 0. The summed E-state index contributed by atoms with van der Waals surface area (Å²) in [5.74, 6) is -1.01. The van der Waals surface area contributed by atoms with Crippen LogP contribution >= 0.6 is 27.5 Å². The van der Waals surface area contributed by atoms with Gasteiger partial charge in [-0.1, -0.05) is 33.6 Å². The molecule has 2 amide bonds. The van der Waals surface area contributed by atoms with Gasteiger partial charge in [-0.15, -0.1) is 0 Å². The van der Waals surface area contributed by atoms with Crippen LogP contribution in [0, 0.1) is 0 Å². The molecule has 0 aliphatic carbocycles. The number of hydrogen-bond donors (Lipinski definition) is 2. The molecule has 0 saturated heterocycles. The van der Waals surface area contributed by atoms with Crippen LogP contribution in [0.15, 0.2) is 40.9 Å². The topological polar surface area (TPSA) is 76.7 Å². The Kier molecular flexibility index (Phi) is 6.05. The molecule has 8 heteroatoms. The van der Waals surface area contributed by atoms with Crippen LogP contribution in [0.5, 0.6) is 11.5 Å². The molecule has 0 aliphatic heterocycles. The summed E-state index contributed by atoms with van der Waals surface area (Å²) in [7, 11) is 2.87. The molecule has 0 heterocycles. The second kappa shape index (κ2) is 8.03. The fraction of sp³-hybridized carbons (Fsp3) is 0.125. The molecule has 0 bridgehead atoms. The molecule has 126 valence electrons. The summed E-state index contributed by atoms with van der Waals surface area (Å²) >= 11 is 9.29. The molecular formula is C16H14BrClN2O4. The van der Waals surface area contributed by atoms with E-state index in [4.69, 9.17) is 21.1 Å². The number of methoxy groups -OCH3 is 2. The van der Waals surface area contributed by atoms with Gasteiger partial charge in [0.1, 0.15) is 11.5 Å². The molecule has 0 aromatic heterocycles. The predicted octanol–water partition coefficient (Wildman–Crippen LogP) is 3.70. The van der Waals surface area contributed by atoms with E-state index in [1.165, 1.54) is 26.4 Å². The lowest BCUT2D eigenvalue weighted by Gasteiger charge is -2.13. The van der Waals surface area contributed by atoms with Gasteiger partial charge in [0.2, 0.25) is 0 Å². The van der Waals surface area contributed by atoms with E-state index in [1.54, 1.807) is 24.3 Å². The van der Waals surface area contributed by atoms with Crippen molar-refractivity contribution in [1.82, 2.24) is 0 Å². The van der Waals surface area contributed by atoms with Crippen molar-refractivity contribution in [3.63, 3.8) is 0 Å². The molecule has 0 aliphatic rings. The number of benzene rings is 2. The Hall–Kier alpha value is -2.25. The molecule has 0 unspecified atom stereocenters. The third kappa shape index (κ3) is 4.39. The minimum absolute atomic E-state index is 0.271. The molecule has 2 N–H and O–H groups in total. The lowest BCUT2D eigenvalue weighted by Crippen LogP contribution is -2.29. The van der Waals surface area contributed by atoms with E-state index in [-0.39, 0.29) is 5.69 Å². The second-order valence-corrected chi connectivity index (χ2v) is 5.93. The highest BCUT2D eigenvalue weighted by Gasteiger charge is 2.18. The van der Waals surface area contributed by atoms with Crippen LogP contribution in [0.25, 0.3) is 0 Å². The first-order valence-corrected chi connectivity index (χ1v) is 7.91. The minimum Gasteiger partial charge on any atom is -0.495 e. The number of carbonyl (C=O) groups is 2. The van der Waals surface area contributed by atoms with Crippen molar-refractivity contribution >= 4 is 50.7 Å². The van der Waals surface area contributed by atoms with Crippen molar-refractivity contribution in [2.45, 2.75) is 0 Å². The van der Waals surface area contributed by atoms with Gasteiger partial charge in [0.25, 0.3) is 0 Å². The maximum absolute atomic E-state index is 12.1. The van der Waals surface area contributed by atoms with Gasteiger partial charge in [-0.25, -0.2) is 0 Å². The van der Waals surface area contributed by atoms with Crippen LogP contribution in [0.2, 0.25) is 5.02 Å². The summed E-state index contributed by atoms with van der Waals surface area (Å²) in [6.45, 7) is 0. The van der Waals surface area contributed by atoms with Crippen LogP contribution in [0.1, 0.15) is 0 Å². The van der Waals surface area contributed by atoms with Crippen LogP contribution in [0.3, 0.4) is 0 Å². The number of nitrogens with one attached hydrogen (secondary N) is 2. The van der Waals surface area contributed by atoms with Crippen molar-refractivity contribution in [2.24, 2.45) is 0 Å².